The number of nitrogens with zero attached hydrogens (tertiary/aromatic N) is 5. The fourth-order valence-electron chi connectivity index (χ4n) is 10.8. The number of amides is 2. The zero-order valence-corrected chi connectivity index (χ0v) is 43.5. The largest absolute Gasteiger partial charge is 0.471 e. The van der Waals surface area contributed by atoms with Crippen LogP contribution in [-0.2, 0) is 49.3 Å². The number of ether oxygens (including phenoxy) is 6. The van der Waals surface area contributed by atoms with Crippen molar-refractivity contribution in [1.29, 1.82) is 0 Å². The Labute approximate surface area is 424 Å². The van der Waals surface area contributed by atoms with Crippen molar-refractivity contribution < 1.29 is 70.7 Å². The van der Waals surface area contributed by atoms with Gasteiger partial charge < -0.3 is 48.6 Å². The number of ketones is 1. The molecule has 3 aliphatic heterocycles. The Morgan fingerprint density at radius 3 is 2.30 bits per heavy atom. The van der Waals surface area contributed by atoms with Gasteiger partial charge in [0.25, 0.3) is 0 Å². The van der Waals surface area contributed by atoms with Crippen molar-refractivity contribution in [2.75, 3.05) is 33.1 Å². The number of aryl methyl sites for hydroxylation is 1. The first-order valence-electron chi connectivity index (χ1n) is 24.9. The van der Waals surface area contributed by atoms with Crippen LogP contribution in [0.15, 0.2) is 60.8 Å². The van der Waals surface area contributed by atoms with Crippen LogP contribution >= 0.6 is 0 Å². The number of hydrogen-bond acceptors (Lipinski definition) is 15. The van der Waals surface area contributed by atoms with Crippen LogP contribution in [0.5, 0.6) is 0 Å². The number of methoxy groups -OCH3 is 1. The van der Waals surface area contributed by atoms with Crippen molar-refractivity contribution in [3.05, 3.63) is 66.4 Å². The van der Waals surface area contributed by atoms with Crippen LogP contribution in [0.2, 0.25) is 0 Å². The van der Waals surface area contributed by atoms with Crippen molar-refractivity contribution in [2.45, 2.75) is 160 Å². The Hall–Kier alpha value is -5.48. The SMILES string of the molecule is CC[C@H]1OC(=O)[C@H](C)[C@@H](O)[C@H](C)[C@@H](O[C@@H]2O[C@H](C)C[C@H](N(C)C)[C@H]2OC(=O)c2ccccc2)[C@@](C)(OC)C[C@@H](C)C(=O)[C@H](C)C2N(CCCCn3cc(-c4cccc(NC(=O)C(F)(F)F)c4)nn3)C(=O)O[C@@]21C. The second-order valence-corrected chi connectivity index (χ2v) is 20.5. The zero-order valence-electron chi connectivity index (χ0n) is 43.5. The summed E-state index contributed by atoms with van der Waals surface area (Å²) in [4.78, 5) is 72.0. The molecule has 0 radical (unpaired) electrons. The van der Waals surface area contributed by atoms with Crippen LogP contribution in [0.1, 0.15) is 97.9 Å². The van der Waals surface area contributed by atoms with Gasteiger partial charge in [-0.2, -0.15) is 13.2 Å². The number of cyclic esters (lactones) is 1. The zero-order chi connectivity index (χ0) is 53.7. The smallest absolute Gasteiger partial charge is 0.458 e. The third kappa shape index (κ3) is 12.7. The van der Waals surface area contributed by atoms with Crippen molar-refractivity contribution in [3.8, 4) is 11.3 Å². The molecule has 0 bridgehead atoms. The van der Waals surface area contributed by atoms with Crippen molar-refractivity contribution in [1.82, 2.24) is 24.8 Å². The number of unbranched alkanes of at least 4 members (excludes halogenated alkanes) is 1. The Morgan fingerprint density at radius 2 is 1.66 bits per heavy atom. The summed E-state index contributed by atoms with van der Waals surface area (Å²) in [6.07, 6.45) is -8.54. The molecule has 18 nitrogen and oxygen atoms in total. The second-order valence-electron chi connectivity index (χ2n) is 20.5. The lowest BCUT2D eigenvalue weighted by molar-refractivity contribution is -0.300. The van der Waals surface area contributed by atoms with Gasteiger partial charge in [-0.25, -0.2) is 9.59 Å². The van der Waals surface area contributed by atoms with E-state index in [0.29, 0.717) is 42.6 Å². The topological polar surface area (TPSA) is 210 Å². The van der Waals surface area contributed by atoms with Crippen molar-refractivity contribution >= 4 is 35.4 Å². The van der Waals surface area contributed by atoms with Gasteiger partial charge in [0, 0.05) is 49.2 Å². The maximum absolute atomic E-state index is 15.0. The molecule has 1 aromatic heterocycles. The summed E-state index contributed by atoms with van der Waals surface area (Å²) in [6, 6.07) is 13.1. The van der Waals surface area contributed by atoms with Gasteiger partial charge in [-0.3, -0.25) is 19.1 Å². The normalized spacial score (nSPS) is 32.6. The first-order chi connectivity index (χ1) is 34.3. The number of benzene rings is 2. The number of aliphatic hydroxyl groups excluding tert-OH is 1. The summed E-state index contributed by atoms with van der Waals surface area (Å²) < 4.78 is 78.5. The van der Waals surface area contributed by atoms with E-state index >= 15 is 4.79 Å². The number of carbonyl (C=O) groups excluding carboxylic acids is 5. The van der Waals surface area contributed by atoms with Crippen molar-refractivity contribution in [2.24, 2.45) is 23.7 Å². The number of carbonyl (C=O) groups is 5. The lowest BCUT2D eigenvalue weighted by Crippen LogP contribution is -2.61. The first-order valence-corrected chi connectivity index (χ1v) is 24.9. The second kappa shape index (κ2) is 23.4. The van der Waals surface area contributed by atoms with Gasteiger partial charge in [0.15, 0.2) is 18.0 Å². The predicted octanol–water partition coefficient (Wildman–Crippen LogP) is 7.09. The van der Waals surface area contributed by atoms with Gasteiger partial charge in [0.1, 0.15) is 17.6 Å². The number of alkyl halides is 3. The summed E-state index contributed by atoms with van der Waals surface area (Å²) >= 11 is 0. The third-order valence-electron chi connectivity index (χ3n) is 14.9. The average Bonchev–Trinajstić information content (AvgIpc) is 3.93. The molecule has 4 heterocycles. The molecule has 73 heavy (non-hydrogen) atoms. The number of aromatic nitrogens is 3. The highest BCUT2D eigenvalue weighted by atomic mass is 19.4. The average molecular weight is 1030 g/mol. The number of esters is 2. The van der Waals surface area contributed by atoms with Crippen LogP contribution in [-0.4, -0.2) is 154 Å². The van der Waals surface area contributed by atoms with E-state index in [-0.39, 0.29) is 43.0 Å². The summed E-state index contributed by atoms with van der Waals surface area (Å²) in [5.41, 5.74) is -1.82. The minimum absolute atomic E-state index is 0.0584. The first kappa shape index (κ1) is 56.8. The maximum Gasteiger partial charge on any atom is 0.471 e. The van der Waals surface area contributed by atoms with E-state index in [1.807, 2.05) is 31.2 Å². The molecule has 0 aliphatic carbocycles. The van der Waals surface area contributed by atoms with Crippen LogP contribution in [0.3, 0.4) is 0 Å². The minimum Gasteiger partial charge on any atom is -0.458 e. The quantitative estimate of drug-likeness (QED) is 0.0939. The van der Waals surface area contributed by atoms with Gasteiger partial charge in [0.05, 0.1) is 53.7 Å². The lowest BCUT2D eigenvalue weighted by atomic mass is 9.73. The van der Waals surface area contributed by atoms with E-state index in [2.05, 4.69) is 10.3 Å². The number of fused-ring (bicyclic) bond motifs is 1. The van der Waals surface area contributed by atoms with Gasteiger partial charge >= 0.3 is 30.1 Å². The molecule has 3 fully saturated rings. The number of anilines is 1. The molecule has 0 spiro atoms. The molecule has 6 rings (SSSR count). The highest BCUT2D eigenvalue weighted by Crippen LogP contribution is 2.44. The van der Waals surface area contributed by atoms with E-state index < -0.39 is 102 Å². The Kier molecular flexibility index (Phi) is 18.2. The van der Waals surface area contributed by atoms with Crippen molar-refractivity contribution in [3.63, 3.8) is 0 Å². The molecular weight excluding hydrogens is 958 g/mol. The number of nitrogens with one attached hydrogen (secondary N) is 1. The summed E-state index contributed by atoms with van der Waals surface area (Å²) in [5, 5.41) is 22.3. The maximum atomic E-state index is 15.0. The molecule has 3 saturated heterocycles. The molecule has 1 unspecified atom stereocenters. The van der Waals surface area contributed by atoms with E-state index in [1.165, 1.54) is 30.2 Å². The minimum atomic E-state index is -5.06. The van der Waals surface area contributed by atoms with Crippen LogP contribution in [0.4, 0.5) is 23.7 Å². The summed E-state index contributed by atoms with van der Waals surface area (Å²) in [5.74, 6) is -7.32. The Balaban J connectivity index is 1.25. The number of aliphatic hydroxyl groups is 1. The predicted molar refractivity (Wildman–Crippen MR) is 260 cm³/mol. The van der Waals surface area contributed by atoms with E-state index in [0.717, 1.165) is 0 Å². The molecule has 2 aromatic carbocycles. The van der Waals surface area contributed by atoms with Gasteiger partial charge in [-0.1, -0.05) is 63.2 Å². The lowest BCUT2D eigenvalue weighted by Gasteiger charge is -2.48. The number of Topliss-reactive ketones (excluding diaryl/α,β-unsaturated/α-hetero) is 1. The molecule has 0 saturated carbocycles. The van der Waals surface area contributed by atoms with Crippen LogP contribution in [0.25, 0.3) is 11.3 Å². The molecule has 2 amide bonds. The monoisotopic (exact) mass is 1030 g/mol. The molecule has 14 atom stereocenters. The molecular formula is C52H71F3N6O12. The fraction of sp³-hybridized carbons (Fsp3) is 0.635. The number of likely N-dealkylation sites (N-methyl/N-ethyl adjacent to an activating group) is 1. The van der Waals surface area contributed by atoms with E-state index in [4.69, 9.17) is 28.4 Å². The van der Waals surface area contributed by atoms with Gasteiger partial charge in [-0.05, 0) is 98.2 Å². The Bertz CT molecular complexity index is 2410. The third-order valence-corrected chi connectivity index (χ3v) is 14.9. The van der Waals surface area contributed by atoms with E-state index in [1.54, 1.807) is 95.7 Å². The molecule has 402 valence electrons. The van der Waals surface area contributed by atoms with Gasteiger partial charge in [0.2, 0.25) is 0 Å². The molecule has 3 aromatic rings. The molecule has 2 N–H and O–H groups in total. The number of rotatable bonds is 14. The number of hydrogen-bond donors (Lipinski definition) is 2. The van der Waals surface area contributed by atoms with E-state index in [9.17, 15) is 37.5 Å². The highest BCUT2D eigenvalue weighted by molar-refractivity contribution is 5.95. The summed E-state index contributed by atoms with van der Waals surface area (Å²) in [7, 11) is 5.22. The summed E-state index contributed by atoms with van der Waals surface area (Å²) in [6.45, 7) is 14.3. The standard InChI is InChI=1S/C52H71F3N6O12/c1-12-39-51(8)43(61(49(67)73-51)24-17-16-23-60-28-37(57-58-60)35-21-18-22-36(26-35)56-48(66)52(53,54)55)31(4)40(62)29(2)27-50(7,68-11)44(32(5)41(63)33(6)45(64)70-39)72-47-42(38(59(9)10)25-30(3)69-47)71-46(65)34-19-14-13-15-20-34/h13-15,18-22,26,28-33,38-39,41-44,47,63H,12,16-17,23-25,27H2,1-11H3,(H,56,66)/t29-,30-,31+,32+,33-,38+,39-,41+,42-,43?,44-,47+,50+,51-/m1/s1. The van der Waals surface area contributed by atoms with Gasteiger partial charge in [-0.15, -0.1) is 5.10 Å². The number of halogens is 3. The molecule has 3 aliphatic rings. The highest BCUT2D eigenvalue weighted by Gasteiger charge is 2.60. The fourth-order valence-corrected chi connectivity index (χ4v) is 10.8. The Morgan fingerprint density at radius 1 is 0.973 bits per heavy atom. The van der Waals surface area contributed by atoms with Crippen LogP contribution < -0.4 is 5.32 Å². The molecule has 21 heteroatoms. The van der Waals surface area contributed by atoms with Crippen LogP contribution in [0, 0.1) is 23.7 Å².